The number of fused-ring (bicyclic) bond motifs is 2. The molecule has 0 radical (unpaired) electrons. The number of allylic oxidation sites excluding steroid dienone is 2. The Labute approximate surface area is 184 Å². The molecule has 2 aliphatic carbocycles. The third kappa shape index (κ3) is 3.06. The quantitative estimate of drug-likeness (QED) is 0.483. The molecule has 0 fully saturated rings. The van der Waals surface area contributed by atoms with Crippen LogP contribution in [0.1, 0.15) is 36.1 Å². The van der Waals surface area contributed by atoms with Crippen LogP contribution in [0.2, 0.25) is 0 Å². The summed E-state index contributed by atoms with van der Waals surface area (Å²) in [5.74, 6) is 0.180. The third-order valence-electron chi connectivity index (χ3n) is 6.65. The van der Waals surface area contributed by atoms with Crippen molar-refractivity contribution in [1.82, 2.24) is 0 Å². The molecule has 0 N–H and O–H groups in total. The van der Waals surface area contributed by atoms with Crippen LogP contribution in [-0.2, 0) is 10.2 Å². The number of rotatable bonds is 3. The van der Waals surface area contributed by atoms with Crippen molar-refractivity contribution in [2.24, 2.45) is 0 Å². The average molecular weight is 406 g/mol. The summed E-state index contributed by atoms with van der Waals surface area (Å²) in [6.07, 6.45) is 4.23. The van der Waals surface area contributed by atoms with Crippen LogP contribution >= 0.6 is 0 Å². The predicted molar refractivity (Wildman–Crippen MR) is 129 cm³/mol. The molecule has 1 unspecified atom stereocenters. The van der Waals surface area contributed by atoms with Gasteiger partial charge in [-0.05, 0) is 54.8 Å². The van der Waals surface area contributed by atoms with Gasteiger partial charge in [0.1, 0.15) is 6.04 Å². The van der Waals surface area contributed by atoms with E-state index in [9.17, 15) is 4.79 Å². The lowest BCUT2D eigenvalue weighted by atomic mass is 9.76. The lowest BCUT2D eigenvalue weighted by Gasteiger charge is -2.35. The Morgan fingerprint density at radius 3 is 1.90 bits per heavy atom. The molecule has 0 heterocycles. The normalized spacial score (nSPS) is 18.7. The molecule has 2 aliphatic rings. The van der Waals surface area contributed by atoms with Crippen LogP contribution in [0.5, 0.6) is 0 Å². The maximum Gasteiger partial charge on any atom is 0.187 e. The lowest BCUT2D eigenvalue weighted by molar-refractivity contribution is -0.116. The van der Waals surface area contributed by atoms with E-state index in [2.05, 4.69) is 118 Å². The third-order valence-corrected chi connectivity index (χ3v) is 6.65. The number of Topliss-reactive ketones (excluding diaryl/α,β-unsaturated/α-hetero) is 1. The number of anilines is 2. The average Bonchev–Trinajstić information content (AvgIpc) is 3.00. The fourth-order valence-corrected chi connectivity index (χ4v) is 4.99. The summed E-state index contributed by atoms with van der Waals surface area (Å²) in [6.45, 7) is 8.51. The maximum atomic E-state index is 14.1. The van der Waals surface area contributed by atoms with Gasteiger partial charge in [-0.2, -0.15) is 0 Å². The Kier molecular flexibility index (Phi) is 4.48. The maximum absolute atomic E-state index is 14.1. The van der Waals surface area contributed by atoms with Crippen LogP contribution in [0, 0.1) is 13.8 Å². The molecule has 2 nitrogen and oxygen atoms in total. The van der Waals surface area contributed by atoms with E-state index < -0.39 is 0 Å². The van der Waals surface area contributed by atoms with E-state index >= 15 is 0 Å². The van der Waals surface area contributed by atoms with Gasteiger partial charge in [-0.25, -0.2) is 0 Å². The van der Waals surface area contributed by atoms with E-state index in [0.29, 0.717) is 0 Å². The topological polar surface area (TPSA) is 20.3 Å². The van der Waals surface area contributed by atoms with E-state index in [4.69, 9.17) is 0 Å². The summed E-state index contributed by atoms with van der Waals surface area (Å²) in [5, 5.41) is 0. The molecule has 3 aromatic carbocycles. The van der Waals surface area contributed by atoms with Crippen LogP contribution in [-0.4, -0.2) is 11.8 Å². The van der Waals surface area contributed by atoms with Gasteiger partial charge in [0.2, 0.25) is 0 Å². The van der Waals surface area contributed by atoms with Crippen LogP contribution in [0.15, 0.2) is 90.5 Å². The molecule has 5 rings (SSSR count). The molecular formula is C29H27NO. The molecule has 31 heavy (non-hydrogen) atoms. The Morgan fingerprint density at radius 2 is 1.32 bits per heavy atom. The van der Waals surface area contributed by atoms with Gasteiger partial charge in [0, 0.05) is 22.4 Å². The minimum atomic E-state index is -0.377. The molecular weight excluding hydrogens is 378 g/mol. The van der Waals surface area contributed by atoms with Crippen LogP contribution in [0.3, 0.4) is 0 Å². The van der Waals surface area contributed by atoms with E-state index in [1.807, 2.05) is 0 Å². The summed E-state index contributed by atoms with van der Waals surface area (Å²) >= 11 is 0. The smallest absolute Gasteiger partial charge is 0.187 e. The Hall–Kier alpha value is -3.39. The fraction of sp³-hybridized carbons (Fsp3) is 0.207. The largest absolute Gasteiger partial charge is 0.327 e. The molecule has 0 aliphatic heterocycles. The Morgan fingerprint density at radius 1 is 0.774 bits per heavy atom. The van der Waals surface area contributed by atoms with Crippen molar-refractivity contribution in [1.29, 1.82) is 0 Å². The molecule has 0 spiro atoms. The van der Waals surface area contributed by atoms with Gasteiger partial charge in [0.05, 0.1) is 0 Å². The first-order valence-corrected chi connectivity index (χ1v) is 10.9. The van der Waals surface area contributed by atoms with Crippen LogP contribution < -0.4 is 4.90 Å². The first-order valence-electron chi connectivity index (χ1n) is 10.9. The van der Waals surface area contributed by atoms with Gasteiger partial charge in [-0.1, -0.05) is 85.7 Å². The molecule has 2 heteroatoms. The predicted octanol–water partition coefficient (Wildman–Crippen LogP) is 6.69. The number of hydrogen-bond donors (Lipinski definition) is 0. The first kappa shape index (κ1) is 19.6. The second kappa shape index (κ2) is 7.09. The summed E-state index contributed by atoms with van der Waals surface area (Å²) in [7, 11) is 0. The molecule has 154 valence electrons. The monoisotopic (exact) mass is 405 g/mol. The van der Waals surface area contributed by atoms with E-state index in [1.165, 1.54) is 22.3 Å². The summed E-state index contributed by atoms with van der Waals surface area (Å²) in [4.78, 5) is 16.2. The highest BCUT2D eigenvalue weighted by atomic mass is 16.1. The molecule has 0 aromatic heterocycles. The second-order valence-electron chi connectivity index (χ2n) is 9.17. The number of benzene rings is 3. The number of nitrogens with zero attached hydrogens (tertiary/aromatic N) is 1. The zero-order valence-corrected chi connectivity index (χ0v) is 18.5. The summed E-state index contributed by atoms with van der Waals surface area (Å²) in [5.41, 5.74) is 8.56. The molecule has 1 atom stereocenters. The van der Waals surface area contributed by atoms with Crippen molar-refractivity contribution in [2.45, 2.75) is 39.2 Å². The highest BCUT2D eigenvalue weighted by molar-refractivity contribution is 6.16. The van der Waals surface area contributed by atoms with Gasteiger partial charge < -0.3 is 4.90 Å². The number of aryl methyl sites for hydroxylation is 2. The van der Waals surface area contributed by atoms with Gasteiger partial charge >= 0.3 is 0 Å². The molecule has 0 amide bonds. The first-order chi connectivity index (χ1) is 14.9. The van der Waals surface area contributed by atoms with Gasteiger partial charge in [0.25, 0.3) is 0 Å². The summed E-state index contributed by atoms with van der Waals surface area (Å²) in [6, 6.07) is 24.9. The number of carbonyl (C=O) groups excluding carboxylic acids is 1. The van der Waals surface area contributed by atoms with Crippen LogP contribution in [0.25, 0.3) is 5.57 Å². The molecule has 0 bridgehead atoms. The lowest BCUT2D eigenvalue weighted by Crippen LogP contribution is -2.41. The van der Waals surface area contributed by atoms with Crippen molar-refractivity contribution >= 4 is 22.7 Å². The van der Waals surface area contributed by atoms with Gasteiger partial charge in [0.15, 0.2) is 5.78 Å². The molecule has 0 saturated heterocycles. The number of hydrogen-bond acceptors (Lipinski definition) is 2. The number of carbonyl (C=O) groups is 1. The minimum Gasteiger partial charge on any atom is -0.327 e. The number of ketones is 1. The standard InChI is InChI=1S/C29H27NO/c1-19-9-13-21(14-10-19)30(22-15-11-20(2)12-16-22)26-18-17-24-23-7-5-6-8-25(23)29(3,4)27(24)28(26)31/h5-18,26H,1-4H3. The summed E-state index contributed by atoms with van der Waals surface area (Å²) < 4.78 is 0. The second-order valence-corrected chi connectivity index (χ2v) is 9.17. The van der Waals surface area contributed by atoms with Crippen molar-refractivity contribution in [2.75, 3.05) is 4.90 Å². The van der Waals surface area contributed by atoms with E-state index in [-0.39, 0.29) is 17.2 Å². The van der Waals surface area contributed by atoms with E-state index in [1.54, 1.807) is 0 Å². The van der Waals surface area contributed by atoms with Crippen molar-refractivity contribution < 1.29 is 4.79 Å². The van der Waals surface area contributed by atoms with Crippen molar-refractivity contribution in [3.05, 3.63) is 113 Å². The zero-order chi connectivity index (χ0) is 21.8. The van der Waals surface area contributed by atoms with Crippen molar-refractivity contribution in [3.63, 3.8) is 0 Å². The highest BCUT2D eigenvalue weighted by Crippen LogP contribution is 2.49. The van der Waals surface area contributed by atoms with Crippen LogP contribution in [0.4, 0.5) is 11.4 Å². The highest BCUT2D eigenvalue weighted by Gasteiger charge is 2.45. The van der Waals surface area contributed by atoms with Crippen molar-refractivity contribution in [3.8, 4) is 0 Å². The Balaban J connectivity index is 1.63. The van der Waals surface area contributed by atoms with Gasteiger partial charge in [-0.3, -0.25) is 4.79 Å². The van der Waals surface area contributed by atoms with Gasteiger partial charge in [-0.15, -0.1) is 0 Å². The van der Waals surface area contributed by atoms with E-state index in [0.717, 1.165) is 22.5 Å². The Bertz CT molecular complexity index is 1180. The fourth-order valence-electron chi connectivity index (χ4n) is 4.99. The molecule has 0 saturated carbocycles. The SMILES string of the molecule is Cc1ccc(N(c2ccc(C)cc2)C2C=CC3=C(C2=O)C(C)(C)c2ccccc23)cc1. The zero-order valence-electron chi connectivity index (χ0n) is 18.5. The minimum absolute atomic E-state index is 0.180. The molecule has 3 aromatic rings.